The average Bonchev–Trinajstić information content (AvgIpc) is 2.65. The van der Waals surface area contributed by atoms with Crippen LogP contribution in [-0.2, 0) is 11.2 Å². The van der Waals surface area contributed by atoms with Gasteiger partial charge in [-0.3, -0.25) is 4.79 Å². The van der Waals surface area contributed by atoms with Gasteiger partial charge in [0.15, 0.2) is 0 Å². The topological polar surface area (TPSA) is 59.8 Å². The lowest BCUT2D eigenvalue weighted by Crippen LogP contribution is -2.30. The number of rotatable bonds is 5. The van der Waals surface area contributed by atoms with Gasteiger partial charge in [-0.05, 0) is 13.8 Å². The standard InChI is InChI=1S/C11H20N4O/c1-8(2)11(16)12-6-5-10-7-13-14-15(10)9(3)4/h7-9H,5-6H2,1-4H3,(H,12,16). The number of hydrogen-bond acceptors (Lipinski definition) is 3. The maximum atomic E-state index is 11.3. The molecule has 0 unspecified atom stereocenters. The van der Waals surface area contributed by atoms with Crippen LogP contribution in [0.4, 0.5) is 0 Å². The van der Waals surface area contributed by atoms with Crippen LogP contribution >= 0.6 is 0 Å². The molecule has 1 aromatic rings. The van der Waals surface area contributed by atoms with Crippen molar-refractivity contribution in [3.05, 3.63) is 11.9 Å². The number of carbonyl (C=O) groups excluding carboxylic acids is 1. The molecule has 1 rings (SSSR count). The van der Waals surface area contributed by atoms with Crippen LogP contribution < -0.4 is 5.32 Å². The molecule has 0 spiro atoms. The van der Waals surface area contributed by atoms with Crippen molar-refractivity contribution in [1.29, 1.82) is 0 Å². The SMILES string of the molecule is CC(C)C(=O)NCCc1cnnn1C(C)C. The fraction of sp³-hybridized carbons (Fsp3) is 0.727. The summed E-state index contributed by atoms with van der Waals surface area (Å²) < 4.78 is 1.88. The van der Waals surface area contributed by atoms with Crippen molar-refractivity contribution in [2.24, 2.45) is 5.92 Å². The van der Waals surface area contributed by atoms with Crippen molar-refractivity contribution in [1.82, 2.24) is 20.3 Å². The van der Waals surface area contributed by atoms with E-state index in [1.807, 2.05) is 18.5 Å². The summed E-state index contributed by atoms with van der Waals surface area (Å²) in [6.07, 6.45) is 2.52. The van der Waals surface area contributed by atoms with Gasteiger partial charge in [0.1, 0.15) is 0 Å². The Morgan fingerprint density at radius 1 is 1.44 bits per heavy atom. The minimum atomic E-state index is 0.0353. The lowest BCUT2D eigenvalue weighted by atomic mass is 10.2. The fourth-order valence-electron chi connectivity index (χ4n) is 1.40. The highest BCUT2D eigenvalue weighted by atomic mass is 16.1. The van der Waals surface area contributed by atoms with Gasteiger partial charge < -0.3 is 5.32 Å². The van der Waals surface area contributed by atoms with Gasteiger partial charge in [0, 0.05) is 24.9 Å². The monoisotopic (exact) mass is 224 g/mol. The van der Waals surface area contributed by atoms with E-state index in [2.05, 4.69) is 29.5 Å². The molecule has 0 aliphatic heterocycles. The molecule has 0 atom stereocenters. The van der Waals surface area contributed by atoms with Crippen LogP contribution in [0.5, 0.6) is 0 Å². The van der Waals surface area contributed by atoms with E-state index in [-0.39, 0.29) is 11.8 Å². The van der Waals surface area contributed by atoms with E-state index in [1.54, 1.807) is 6.20 Å². The van der Waals surface area contributed by atoms with Crippen LogP contribution in [0.15, 0.2) is 6.20 Å². The molecule has 1 heterocycles. The number of hydrogen-bond donors (Lipinski definition) is 1. The average molecular weight is 224 g/mol. The Kier molecular flexibility index (Phi) is 4.46. The summed E-state index contributed by atoms with van der Waals surface area (Å²) in [4.78, 5) is 11.3. The van der Waals surface area contributed by atoms with Gasteiger partial charge in [-0.2, -0.15) is 0 Å². The Bertz CT molecular complexity index is 344. The number of nitrogens with one attached hydrogen (secondary N) is 1. The summed E-state index contributed by atoms with van der Waals surface area (Å²) >= 11 is 0. The fourth-order valence-corrected chi connectivity index (χ4v) is 1.40. The van der Waals surface area contributed by atoms with Crippen molar-refractivity contribution in [3.63, 3.8) is 0 Å². The molecule has 90 valence electrons. The first-order chi connectivity index (χ1) is 7.52. The van der Waals surface area contributed by atoms with Crippen molar-refractivity contribution < 1.29 is 4.79 Å². The largest absolute Gasteiger partial charge is 0.355 e. The molecular weight excluding hydrogens is 204 g/mol. The molecule has 0 fully saturated rings. The summed E-state index contributed by atoms with van der Waals surface area (Å²) in [5.41, 5.74) is 1.05. The molecule has 16 heavy (non-hydrogen) atoms. The van der Waals surface area contributed by atoms with Crippen LogP contribution in [0.25, 0.3) is 0 Å². The van der Waals surface area contributed by atoms with Gasteiger partial charge in [0.05, 0.1) is 11.9 Å². The van der Waals surface area contributed by atoms with Crippen LogP contribution in [0, 0.1) is 5.92 Å². The number of amides is 1. The molecule has 5 nitrogen and oxygen atoms in total. The van der Waals surface area contributed by atoms with Gasteiger partial charge in [-0.1, -0.05) is 19.1 Å². The quantitative estimate of drug-likeness (QED) is 0.816. The Labute approximate surface area is 96.2 Å². The van der Waals surface area contributed by atoms with Gasteiger partial charge in [-0.15, -0.1) is 5.10 Å². The molecule has 0 bridgehead atoms. The van der Waals surface area contributed by atoms with Gasteiger partial charge in [0.25, 0.3) is 0 Å². The minimum absolute atomic E-state index is 0.0353. The first-order valence-corrected chi connectivity index (χ1v) is 5.69. The zero-order valence-corrected chi connectivity index (χ0v) is 10.4. The van der Waals surface area contributed by atoms with Crippen molar-refractivity contribution in [2.45, 2.75) is 40.2 Å². The van der Waals surface area contributed by atoms with Gasteiger partial charge in [0.2, 0.25) is 5.91 Å². The summed E-state index contributed by atoms with van der Waals surface area (Å²) in [7, 11) is 0. The highest BCUT2D eigenvalue weighted by Crippen LogP contribution is 2.06. The molecule has 1 N–H and O–H groups in total. The Morgan fingerprint density at radius 3 is 2.69 bits per heavy atom. The van der Waals surface area contributed by atoms with Crippen LogP contribution in [0.1, 0.15) is 39.4 Å². The third kappa shape index (κ3) is 3.32. The van der Waals surface area contributed by atoms with Crippen LogP contribution in [0.3, 0.4) is 0 Å². The lowest BCUT2D eigenvalue weighted by molar-refractivity contribution is -0.123. The third-order valence-electron chi connectivity index (χ3n) is 2.34. The van der Waals surface area contributed by atoms with E-state index in [4.69, 9.17) is 0 Å². The van der Waals surface area contributed by atoms with E-state index in [9.17, 15) is 4.79 Å². The first-order valence-electron chi connectivity index (χ1n) is 5.69. The van der Waals surface area contributed by atoms with E-state index < -0.39 is 0 Å². The maximum Gasteiger partial charge on any atom is 0.222 e. The van der Waals surface area contributed by atoms with E-state index >= 15 is 0 Å². The number of aromatic nitrogens is 3. The maximum absolute atomic E-state index is 11.3. The van der Waals surface area contributed by atoms with Crippen LogP contribution in [-0.4, -0.2) is 27.4 Å². The van der Waals surface area contributed by atoms with Gasteiger partial charge >= 0.3 is 0 Å². The number of carbonyl (C=O) groups is 1. The molecule has 0 radical (unpaired) electrons. The van der Waals surface area contributed by atoms with E-state index in [0.717, 1.165) is 12.1 Å². The second-order valence-electron chi connectivity index (χ2n) is 4.46. The molecule has 1 aromatic heterocycles. The van der Waals surface area contributed by atoms with Crippen molar-refractivity contribution in [2.75, 3.05) is 6.54 Å². The van der Waals surface area contributed by atoms with Gasteiger partial charge in [-0.25, -0.2) is 4.68 Å². The lowest BCUT2D eigenvalue weighted by Gasteiger charge is -2.10. The Hall–Kier alpha value is -1.39. The highest BCUT2D eigenvalue weighted by molar-refractivity contribution is 5.77. The van der Waals surface area contributed by atoms with Crippen molar-refractivity contribution >= 4 is 5.91 Å². The Balaban J connectivity index is 2.43. The third-order valence-corrected chi connectivity index (χ3v) is 2.34. The zero-order valence-electron chi connectivity index (χ0n) is 10.4. The predicted molar refractivity (Wildman–Crippen MR) is 62.0 cm³/mol. The predicted octanol–water partition coefficient (Wildman–Crippen LogP) is 1.17. The smallest absolute Gasteiger partial charge is 0.222 e. The van der Waals surface area contributed by atoms with E-state index in [1.165, 1.54) is 0 Å². The second-order valence-corrected chi connectivity index (χ2v) is 4.46. The molecule has 0 saturated heterocycles. The molecule has 0 aliphatic rings. The molecule has 0 saturated carbocycles. The first kappa shape index (κ1) is 12.7. The molecule has 1 amide bonds. The molecule has 5 heteroatoms. The van der Waals surface area contributed by atoms with Crippen LogP contribution in [0.2, 0.25) is 0 Å². The normalized spacial score (nSPS) is 11.1. The zero-order chi connectivity index (χ0) is 12.1. The molecular formula is C11H20N4O. The Morgan fingerprint density at radius 2 is 2.12 bits per heavy atom. The van der Waals surface area contributed by atoms with E-state index in [0.29, 0.717) is 12.6 Å². The second kappa shape index (κ2) is 5.63. The molecule has 0 aliphatic carbocycles. The van der Waals surface area contributed by atoms with Crippen molar-refractivity contribution in [3.8, 4) is 0 Å². The highest BCUT2D eigenvalue weighted by Gasteiger charge is 2.09. The summed E-state index contributed by atoms with van der Waals surface area (Å²) in [6, 6.07) is 0.304. The summed E-state index contributed by atoms with van der Waals surface area (Å²) in [6.45, 7) is 8.53. The number of nitrogens with zero attached hydrogens (tertiary/aromatic N) is 3. The summed E-state index contributed by atoms with van der Waals surface area (Å²) in [5.74, 6) is 0.122. The summed E-state index contributed by atoms with van der Waals surface area (Å²) in [5, 5.41) is 10.8. The molecule has 0 aromatic carbocycles. The minimum Gasteiger partial charge on any atom is -0.355 e.